The van der Waals surface area contributed by atoms with Crippen LogP contribution >= 0.6 is 11.3 Å². The molecule has 0 fully saturated rings. The summed E-state index contributed by atoms with van der Waals surface area (Å²) in [5, 5.41) is 0. The summed E-state index contributed by atoms with van der Waals surface area (Å²) in [6.45, 7) is 6.55. The van der Waals surface area contributed by atoms with Crippen molar-refractivity contribution >= 4 is 23.5 Å². The van der Waals surface area contributed by atoms with Crippen LogP contribution in [0.15, 0.2) is 36.4 Å². The highest BCUT2D eigenvalue weighted by molar-refractivity contribution is 7.13. The molecule has 2 aromatic rings. The first-order valence-electron chi connectivity index (χ1n) is 6.67. The van der Waals surface area contributed by atoms with Crippen molar-refractivity contribution < 1.29 is 4.74 Å². The van der Waals surface area contributed by atoms with Crippen LogP contribution in [-0.2, 0) is 0 Å². The first-order chi connectivity index (χ1) is 9.61. The fourth-order valence-electron chi connectivity index (χ4n) is 1.95. The van der Waals surface area contributed by atoms with Crippen molar-refractivity contribution in [3.63, 3.8) is 0 Å². The molecule has 0 spiro atoms. The zero-order valence-electron chi connectivity index (χ0n) is 12.4. The molecule has 0 unspecified atom stereocenters. The lowest BCUT2D eigenvalue weighted by molar-refractivity contribution is 0.415. The zero-order chi connectivity index (χ0) is 14.5. The average molecular weight is 284 g/mol. The Bertz CT molecular complexity index is 630. The van der Waals surface area contributed by atoms with Gasteiger partial charge in [0.15, 0.2) is 0 Å². The SMILES string of the molecule is COc1ccc(/C=C/C=C/c2sc(C)c(C)c2C)cc1. The molecule has 0 aliphatic carbocycles. The topological polar surface area (TPSA) is 9.23 Å². The van der Waals surface area contributed by atoms with Crippen molar-refractivity contribution in [2.75, 3.05) is 7.11 Å². The Morgan fingerprint density at radius 2 is 1.55 bits per heavy atom. The summed E-state index contributed by atoms with van der Waals surface area (Å²) < 4.78 is 5.14. The molecule has 0 saturated carbocycles. The minimum atomic E-state index is 0.887. The quantitative estimate of drug-likeness (QED) is 0.682. The molecule has 0 radical (unpaired) electrons. The molecule has 1 nitrogen and oxygen atoms in total. The molecule has 0 aliphatic rings. The van der Waals surface area contributed by atoms with Crippen molar-refractivity contribution in [2.45, 2.75) is 20.8 Å². The van der Waals surface area contributed by atoms with Crippen LogP contribution in [0.3, 0.4) is 0 Å². The molecular weight excluding hydrogens is 264 g/mol. The van der Waals surface area contributed by atoms with Crippen molar-refractivity contribution in [3.8, 4) is 5.75 Å². The second-order valence-corrected chi connectivity index (χ2v) is 6.02. The fraction of sp³-hybridized carbons (Fsp3) is 0.222. The molecule has 0 bridgehead atoms. The molecule has 2 heteroatoms. The lowest BCUT2D eigenvalue weighted by Crippen LogP contribution is -1.81. The molecular formula is C18H20OS. The number of thiophene rings is 1. The largest absolute Gasteiger partial charge is 0.497 e. The maximum Gasteiger partial charge on any atom is 0.118 e. The summed E-state index contributed by atoms with van der Waals surface area (Å²) in [5.41, 5.74) is 3.97. The number of aryl methyl sites for hydroxylation is 1. The zero-order valence-corrected chi connectivity index (χ0v) is 13.3. The Hall–Kier alpha value is -1.80. The van der Waals surface area contributed by atoms with Crippen LogP contribution in [0.1, 0.15) is 26.4 Å². The molecule has 0 N–H and O–H groups in total. The van der Waals surface area contributed by atoms with Gasteiger partial charge in [0, 0.05) is 9.75 Å². The molecule has 0 aliphatic heterocycles. The minimum absolute atomic E-state index is 0.887. The molecule has 0 atom stereocenters. The maximum absolute atomic E-state index is 5.14. The van der Waals surface area contributed by atoms with E-state index >= 15 is 0 Å². The van der Waals surface area contributed by atoms with E-state index in [1.54, 1.807) is 7.11 Å². The van der Waals surface area contributed by atoms with Gasteiger partial charge >= 0.3 is 0 Å². The van der Waals surface area contributed by atoms with Gasteiger partial charge in [0.1, 0.15) is 5.75 Å². The van der Waals surface area contributed by atoms with Crippen LogP contribution < -0.4 is 4.74 Å². The Kier molecular flexibility index (Phi) is 4.80. The first-order valence-corrected chi connectivity index (χ1v) is 7.49. The van der Waals surface area contributed by atoms with Crippen LogP contribution in [0.25, 0.3) is 12.2 Å². The number of hydrogen-bond donors (Lipinski definition) is 0. The van der Waals surface area contributed by atoms with Crippen LogP contribution in [-0.4, -0.2) is 7.11 Å². The smallest absolute Gasteiger partial charge is 0.118 e. The van der Waals surface area contributed by atoms with Crippen LogP contribution in [0.2, 0.25) is 0 Å². The lowest BCUT2D eigenvalue weighted by Gasteiger charge is -1.98. The highest BCUT2D eigenvalue weighted by Crippen LogP contribution is 2.27. The van der Waals surface area contributed by atoms with Crippen LogP contribution in [0, 0.1) is 20.8 Å². The molecule has 1 aromatic carbocycles. The Morgan fingerprint density at radius 3 is 2.10 bits per heavy atom. The minimum Gasteiger partial charge on any atom is -0.497 e. The Labute approximate surface area is 125 Å². The highest BCUT2D eigenvalue weighted by atomic mass is 32.1. The second-order valence-electron chi connectivity index (χ2n) is 4.76. The second kappa shape index (κ2) is 6.58. The van der Waals surface area contributed by atoms with Crippen LogP contribution in [0.5, 0.6) is 5.75 Å². The van der Waals surface area contributed by atoms with Crippen LogP contribution in [0.4, 0.5) is 0 Å². The van der Waals surface area contributed by atoms with Crippen molar-refractivity contribution in [1.82, 2.24) is 0 Å². The number of benzene rings is 1. The van der Waals surface area contributed by atoms with E-state index in [0.717, 1.165) is 5.75 Å². The maximum atomic E-state index is 5.14. The summed E-state index contributed by atoms with van der Waals surface area (Å²) in [6, 6.07) is 8.04. The molecule has 20 heavy (non-hydrogen) atoms. The van der Waals surface area contributed by atoms with Gasteiger partial charge in [-0.3, -0.25) is 0 Å². The summed E-state index contributed by atoms with van der Waals surface area (Å²) >= 11 is 1.85. The Morgan fingerprint density at radius 1 is 0.900 bits per heavy atom. The van der Waals surface area contributed by atoms with E-state index in [0.29, 0.717) is 0 Å². The molecule has 2 rings (SSSR count). The summed E-state index contributed by atoms with van der Waals surface area (Å²) in [7, 11) is 1.68. The van der Waals surface area contributed by atoms with Gasteiger partial charge in [-0.2, -0.15) is 0 Å². The molecule has 1 aromatic heterocycles. The standard InChI is InChI=1S/C18H20OS/c1-13-14(2)18(20-15(13)3)8-6-5-7-16-9-11-17(19-4)12-10-16/h5-12H,1-4H3/b7-5+,8-6+. The summed E-state index contributed by atoms with van der Waals surface area (Å²) in [4.78, 5) is 2.75. The van der Waals surface area contributed by atoms with Gasteiger partial charge in [0.05, 0.1) is 7.11 Å². The number of hydrogen-bond acceptors (Lipinski definition) is 2. The molecule has 0 saturated heterocycles. The highest BCUT2D eigenvalue weighted by Gasteiger charge is 2.04. The van der Waals surface area contributed by atoms with Gasteiger partial charge < -0.3 is 4.74 Å². The van der Waals surface area contributed by atoms with E-state index in [1.807, 2.05) is 35.6 Å². The van der Waals surface area contributed by atoms with Gasteiger partial charge in [-0.25, -0.2) is 0 Å². The van der Waals surface area contributed by atoms with Gasteiger partial charge in [-0.05, 0) is 55.7 Å². The summed E-state index contributed by atoms with van der Waals surface area (Å²) in [6.07, 6.45) is 8.45. The van der Waals surface area contributed by atoms with E-state index < -0.39 is 0 Å². The van der Waals surface area contributed by atoms with E-state index in [-0.39, 0.29) is 0 Å². The van der Waals surface area contributed by atoms with E-state index in [1.165, 1.54) is 26.4 Å². The summed E-state index contributed by atoms with van der Waals surface area (Å²) in [5.74, 6) is 0.887. The third-order valence-corrected chi connectivity index (χ3v) is 4.76. The lowest BCUT2D eigenvalue weighted by atomic mass is 10.1. The molecule has 1 heterocycles. The van der Waals surface area contributed by atoms with E-state index in [2.05, 4.69) is 45.1 Å². The van der Waals surface area contributed by atoms with E-state index in [9.17, 15) is 0 Å². The molecule has 104 valence electrons. The Balaban J connectivity index is 2.04. The van der Waals surface area contributed by atoms with Crippen molar-refractivity contribution in [3.05, 3.63) is 62.9 Å². The monoisotopic (exact) mass is 284 g/mol. The number of rotatable bonds is 4. The van der Waals surface area contributed by atoms with Gasteiger partial charge in [-0.15, -0.1) is 11.3 Å². The van der Waals surface area contributed by atoms with Crippen molar-refractivity contribution in [1.29, 1.82) is 0 Å². The fourth-order valence-corrected chi connectivity index (χ4v) is 3.04. The normalized spacial score (nSPS) is 11.6. The first kappa shape index (κ1) is 14.6. The third kappa shape index (κ3) is 3.40. The van der Waals surface area contributed by atoms with Gasteiger partial charge in [-0.1, -0.05) is 30.4 Å². The molecule has 0 amide bonds. The number of methoxy groups -OCH3 is 1. The van der Waals surface area contributed by atoms with Gasteiger partial charge in [0.25, 0.3) is 0 Å². The number of allylic oxidation sites excluding steroid dienone is 2. The van der Waals surface area contributed by atoms with Gasteiger partial charge in [0.2, 0.25) is 0 Å². The number of ether oxygens (including phenoxy) is 1. The third-order valence-electron chi connectivity index (χ3n) is 3.49. The van der Waals surface area contributed by atoms with E-state index in [4.69, 9.17) is 4.74 Å². The predicted octanol–water partition coefficient (Wildman–Crippen LogP) is 5.41. The average Bonchev–Trinajstić information content (AvgIpc) is 2.71. The predicted molar refractivity (Wildman–Crippen MR) is 89.6 cm³/mol. The van der Waals surface area contributed by atoms with Crippen molar-refractivity contribution in [2.24, 2.45) is 0 Å².